The summed E-state index contributed by atoms with van der Waals surface area (Å²) in [4.78, 5) is 12.4. The van der Waals surface area contributed by atoms with Gasteiger partial charge in [0.1, 0.15) is 5.76 Å². The molecule has 1 heterocycles. The summed E-state index contributed by atoms with van der Waals surface area (Å²) in [5, 5.41) is 7.56. The molecule has 3 rings (SSSR count). The summed E-state index contributed by atoms with van der Waals surface area (Å²) >= 11 is 0. The number of carbonyl (C=O) groups excluding carboxylic acids is 1. The first-order valence-electron chi connectivity index (χ1n) is 9.75. The zero-order valence-electron chi connectivity index (χ0n) is 15.4. The van der Waals surface area contributed by atoms with E-state index in [2.05, 4.69) is 37.3 Å². The summed E-state index contributed by atoms with van der Waals surface area (Å²) in [6, 6.07) is 2.43. The molecular formula is C20H32N2O2. The van der Waals surface area contributed by atoms with Gasteiger partial charge < -0.3 is 9.84 Å². The van der Waals surface area contributed by atoms with Crippen LogP contribution in [0.15, 0.2) is 10.6 Å². The van der Waals surface area contributed by atoms with Crippen LogP contribution in [0.2, 0.25) is 0 Å². The van der Waals surface area contributed by atoms with Gasteiger partial charge in [0.2, 0.25) is 5.91 Å². The number of nitrogens with one attached hydrogen (secondary N) is 1. The third-order valence-corrected chi connectivity index (χ3v) is 6.35. The Morgan fingerprint density at radius 3 is 2.79 bits per heavy atom. The van der Waals surface area contributed by atoms with Crippen molar-refractivity contribution in [1.29, 1.82) is 0 Å². The molecule has 2 aliphatic carbocycles. The first kappa shape index (κ1) is 17.5. The van der Waals surface area contributed by atoms with E-state index < -0.39 is 0 Å². The van der Waals surface area contributed by atoms with Crippen molar-refractivity contribution in [3.05, 3.63) is 17.5 Å². The number of nitrogens with zero attached hydrogens (tertiary/aromatic N) is 1. The van der Waals surface area contributed by atoms with E-state index in [9.17, 15) is 4.79 Å². The highest BCUT2D eigenvalue weighted by Gasteiger charge is 2.49. The fourth-order valence-corrected chi connectivity index (χ4v) is 4.26. The second kappa shape index (κ2) is 7.28. The van der Waals surface area contributed by atoms with Crippen LogP contribution in [0, 0.1) is 17.3 Å². The van der Waals surface area contributed by atoms with Crippen LogP contribution in [-0.2, 0) is 17.6 Å². The van der Waals surface area contributed by atoms with Crippen LogP contribution >= 0.6 is 0 Å². The molecule has 2 saturated carbocycles. The molecule has 134 valence electrons. The van der Waals surface area contributed by atoms with E-state index in [-0.39, 0.29) is 17.2 Å². The lowest BCUT2D eigenvalue weighted by Gasteiger charge is -2.52. The standard InChI is InChI=1S/C20H32N2O2/c1-4-5-10-17-13-16(22-24-17)11-15-12-18(20(15,2)3)21-19(23)14-8-6-7-9-14/h13-15,18H,4-12H2,1-3H3,(H,21,23). The lowest BCUT2D eigenvalue weighted by Crippen LogP contribution is -2.59. The summed E-state index contributed by atoms with van der Waals surface area (Å²) in [6.45, 7) is 6.74. The molecular weight excluding hydrogens is 300 g/mol. The van der Waals surface area contributed by atoms with E-state index in [1.54, 1.807) is 0 Å². The predicted molar refractivity (Wildman–Crippen MR) is 94.6 cm³/mol. The van der Waals surface area contributed by atoms with Gasteiger partial charge in [-0.15, -0.1) is 0 Å². The summed E-state index contributed by atoms with van der Waals surface area (Å²) in [5.41, 5.74) is 1.20. The number of unbranched alkanes of at least 4 members (excludes halogenated alkanes) is 1. The zero-order valence-corrected chi connectivity index (χ0v) is 15.4. The minimum absolute atomic E-state index is 0.136. The molecule has 0 bridgehead atoms. The van der Waals surface area contributed by atoms with Gasteiger partial charge in [0, 0.05) is 24.4 Å². The number of amides is 1. The Hall–Kier alpha value is -1.32. The van der Waals surface area contributed by atoms with Crippen LogP contribution in [0.3, 0.4) is 0 Å². The molecule has 0 aromatic carbocycles. The van der Waals surface area contributed by atoms with E-state index in [4.69, 9.17) is 4.52 Å². The summed E-state index contributed by atoms with van der Waals surface area (Å²) in [6.07, 6.45) is 9.89. The summed E-state index contributed by atoms with van der Waals surface area (Å²) in [7, 11) is 0. The highest BCUT2D eigenvalue weighted by molar-refractivity contribution is 5.79. The Morgan fingerprint density at radius 2 is 2.12 bits per heavy atom. The van der Waals surface area contributed by atoms with Gasteiger partial charge in [-0.3, -0.25) is 4.79 Å². The number of hydrogen-bond acceptors (Lipinski definition) is 3. The number of aromatic nitrogens is 1. The molecule has 1 amide bonds. The fourth-order valence-electron chi connectivity index (χ4n) is 4.26. The van der Waals surface area contributed by atoms with E-state index in [1.165, 1.54) is 19.3 Å². The first-order valence-corrected chi connectivity index (χ1v) is 9.75. The first-order chi connectivity index (χ1) is 11.5. The highest BCUT2D eigenvalue weighted by atomic mass is 16.5. The van der Waals surface area contributed by atoms with Crippen molar-refractivity contribution in [3.63, 3.8) is 0 Å². The average Bonchev–Trinajstić information content (AvgIpc) is 3.23. The molecule has 4 heteroatoms. The molecule has 2 aliphatic rings. The van der Waals surface area contributed by atoms with Gasteiger partial charge in [0.15, 0.2) is 0 Å². The lowest BCUT2D eigenvalue weighted by atomic mass is 9.57. The van der Waals surface area contributed by atoms with Gasteiger partial charge in [-0.2, -0.15) is 0 Å². The van der Waals surface area contributed by atoms with Crippen molar-refractivity contribution >= 4 is 5.91 Å². The normalized spacial score (nSPS) is 26.3. The topological polar surface area (TPSA) is 55.1 Å². The third-order valence-electron chi connectivity index (χ3n) is 6.35. The maximum atomic E-state index is 12.4. The number of aryl methyl sites for hydroxylation is 1. The van der Waals surface area contributed by atoms with Crippen molar-refractivity contribution in [1.82, 2.24) is 10.5 Å². The Labute approximate surface area is 145 Å². The van der Waals surface area contributed by atoms with Crippen molar-refractivity contribution in [2.24, 2.45) is 17.3 Å². The Balaban J connectivity index is 1.50. The van der Waals surface area contributed by atoms with Crippen molar-refractivity contribution in [2.45, 2.75) is 84.6 Å². The molecule has 1 N–H and O–H groups in total. The van der Waals surface area contributed by atoms with Crippen LogP contribution in [0.1, 0.15) is 77.2 Å². The van der Waals surface area contributed by atoms with E-state index in [1.807, 2.05) is 0 Å². The molecule has 0 radical (unpaired) electrons. The van der Waals surface area contributed by atoms with Crippen molar-refractivity contribution in [2.75, 3.05) is 0 Å². The van der Waals surface area contributed by atoms with Crippen LogP contribution in [-0.4, -0.2) is 17.1 Å². The molecule has 2 fully saturated rings. The van der Waals surface area contributed by atoms with E-state index in [0.717, 1.165) is 50.0 Å². The molecule has 4 nitrogen and oxygen atoms in total. The molecule has 0 saturated heterocycles. The largest absolute Gasteiger partial charge is 0.361 e. The van der Waals surface area contributed by atoms with Crippen molar-refractivity contribution < 1.29 is 9.32 Å². The van der Waals surface area contributed by atoms with Crippen LogP contribution < -0.4 is 5.32 Å². The molecule has 2 atom stereocenters. The number of hydrogen-bond donors (Lipinski definition) is 1. The molecule has 0 aliphatic heterocycles. The minimum Gasteiger partial charge on any atom is -0.361 e. The van der Waals surface area contributed by atoms with Gasteiger partial charge in [-0.05, 0) is 43.4 Å². The Morgan fingerprint density at radius 1 is 1.38 bits per heavy atom. The fraction of sp³-hybridized carbons (Fsp3) is 0.800. The van der Waals surface area contributed by atoms with Gasteiger partial charge in [-0.1, -0.05) is 45.2 Å². The SMILES string of the molecule is CCCCc1cc(CC2CC(NC(=O)C3CCCC3)C2(C)C)no1. The Kier molecular flexibility index (Phi) is 5.31. The third kappa shape index (κ3) is 3.68. The Bertz CT molecular complexity index is 558. The summed E-state index contributed by atoms with van der Waals surface area (Å²) < 4.78 is 5.44. The number of carbonyl (C=O) groups is 1. The van der Waals surface area contributed by atoms with Crippen LogP contribution in [0.5, 0.6) is 0 Å². The highest BCUT2D eigenvalue weighted by Crippen LogP contribution is 2.48. The van der Waals surface area contributed by atoms with E-state index >= 15 is 0 Å². The zero-order chi connectivity index (χ0) is 17.2. The van der Waals surface area contributed by atoms with Gasteiger partial charge in [0.05, 0.1) is 5.69 Å². The molecule has 0 spiro atoms. The van der Waals surface area contributed by atoms with Gasteiger partial charge >= 0.3 is 0 Å². The molecule has 1 aromatic rings. The minimum atomic E-state index is 0.136. The second-order valence-corrected chi connectivity index (χ2v) is 8.39. The molecule has 1 aromatic heterocycles. The smallest absolute Gasteiger partial charge is 0.223 e. The number of rotatable bonds is 7. The molecule has 2 unspecified atom stereocenters. The predicted octanol–water partition coefficient (Wildman–Crippen LogP) is 4.28. The summed E-state index contributed by atoms with van der Waals surface area (Å²) in [5.74, 6) is 2.12. The average molecular weight is 332 g/mol. The van der Waals surface area contributed by atoms with Crippen LogP contribution in [0.25, 0.3) is 0 Å². The molecule has 24 heavy (non-hydrogen) atoms. The van der Waals surface area contributed by atoms with Gasteiger partial charge in [-0.25, -0.2) is 0 Å². The quantitative estimate of drug-likeness (QED) is 0.811. The van der Waals surface area contributed by atoms with Gasteiger partial charge in [0.25, 0.3) is 0 Å². The van der Waals surface area contributed by atoms with E-state index in [0.29, 0.717) is 12.0 Å². The monoisotopic (exact) mass is 332 g/mol. The second-order valence-electron chi connectivity index (χ2n) is 8.39. The van der Waals surface area contributed by atoms with Crippen molar-refractivity contribution in [3.8, 4) is 0 Å². The van der Waals surface area contributed by atoms with Crippen LogP contribution in [0.4, 0.5) is 0 Å². The maximum Gasteiger partial charge on any atom is 0.223 e. The lowest BCUT2D eigenvalue weighted by molar-refractivity contribution is -0.129. The maximum absolute atomic E-state index is 12.4.